The average Bonchev–Trinajstić information content (AvgIpc) is 3.36. The zero-order chi connectivity index (χ0) is 17.0. The van der Waals surface area contributed by atoms with E-state index in [1.54, 1.807) is 7.11 Å². The van der Waals surface area contributed by atoms with Gasteiger partial charge in [-0.3, -0.25) is 4.99 Å². The predicted octanol–water partition coefficient (Wildman–Crippen LogP) is 4.05. The summed E-state index contributed by atoms with van der Waals surface area (Å²) < 4.78 is 6.32. The lowest BCUT2D eigenvalue weighted by atomic mass is 9.96. The zero-order valence-electron chi connectivity index (χ0n) is 13.8. The Morgan fingerprint density at radius 3 is 2.75 bits per heavy atom. The van der Waals surface area contributed by atoms with Crippen molar-refractivity contribution in [2.45, 2.75) is 24.9 Å². The van der Waals surface area contributed by atoms with Crippen LogP contribution in [0, 0.1) is 0 Å². The molecule has 3 rings (SSSR count). The molecule has 4 nitrogen and oxygen atoms in total. The molecule has 24 heavy (non-hydrogen) atoms. The van der Waals surface area contributed by atoms with Crippen LogP contribution in [-0.4, -0.2) is 19.6 Å². The average molecular weight is 388 g/mol. The number of ether oxygens (including phenoxy) is 1. The van der Waals surface area contributed by atoms with Crippen LogP contribution >= 0.6 is 15.9 Å². The normalized spacial score (nSPS) is 16.0. The number of para-hydroxylation sites is 1. The first kappa shape index (κ1) is 17.0. The smallest absolute Gasteiger partial charge is 0.193 e. The highest BCUT2D eigenvalue weighted by Gasteiger charge is 2.44. The van der Waals surface area contributed by atoms with Crippen molar-refractivity contribution < 1.29 is 4.74 Å². The molecular weight excluding hydrogens is 366 g/mol. The number of hydrogen-bond acceptors (Lipinski definition) is 2. The SMILES string of the molecule is COCc1ccccc1NC(N)=NCC1(c2cccc(Br)c2)CC1. The first-order chi connectivity index (χ1) is 11.6. The maximum Gasteiger partial charge on any atom is 0.193 e. The number of guanidine groups is 1. The fourth-order valence-electron chi connectivity index (χ4n) is 2.84. The van der Waals surface area contributed by atoms with Gasteiger partial charge in [-0.25, -0.2) is 0 Å². The molecule has 0 atom stereocenters. The number of nitrogens with two attached hydrogens (primary N) is 1. The molecule has 5 heteroatoms. The Kier molecular flexibility index (Phi) is 5.21. The molecule has 2 aromatic carbocycles. The Balaban J connectivity index is 1.69. The molecule has 0 aliphatic heterocycles. The third-order valence-corrected chi connectivity index (χ3v) is 4.92. The van der Waals surface area contributed by atoms with E-state index >= 15 is 0 Å². The molecule has 0 radical (unpaired) electrons. The first-order valence-electron chi connectivity index (χ1n) is 8.03. The van der Waals surface area contributed by atoms with Crippen LogP contribution in [-0.2, 0) is 16.8 Å². The van der Waals surface area contributed by atoms with Gasteiger partial charge in [0.05, 0.1) is 13.2 Å². The lowest BCUT2D eigenvalue weighted by molar-refractivity contribution is 0.185. The molecule has 0 heterocycles. The van der Waals surface area contributed by atoms with Crippen molar-refractivity contribution in [3.05, 3.63) is 64.1 Å². The van der Waals surface area contributed by atoms with Crippen molar-refractivity contribution in [3.8, 4) is 0 Å². The van der Waals surface area contributed by atoms with Crippen LogP contribution in [0.15, 0.2) is 58.0 Å². The van der Waals surface area contributed by atoms with Crippen LogP contribution in [0.4, 0.5) is 5.69 Å². The van der Waals surface area contributed by atoms with Crippen molar-refractivity contribution in [3.63, 3.8) is 0 Å². The maximum atomic E-state index is 6.10. The van der Waals surface area contributed by atoms with Gasteiger partial charge >= 0.3 is 0 Å². The van der Waals surface area contributed by atoms with Gasteiger partial charge in [0.1, 0.15) is 0 Å². The Morgan fingerprint density at radius 2 is 2.04 bits per heavy atom. The Morgan fingerprint density at radius 1 is 1.25 bits per heavy atom. The first-order valence-corrected chi connectivity index (χ1v) is 8.82. The second-order valence-corrected chi connectivity index (χ2v) is 7.12. The molecule has 1 saturated carbocycles. The van der Waals surface area contributed by atoms with Crippen LogP contribution < -0.4 is 11.1 Å². The van der Waals surface area contributed by atoms with Crippen molar-refractivity contribution >= 4 is 27.6 Å². The second kappa shape index (κ2) is 7.36. The monoisotopic (exact) mass is 387 g/mol. The van der Waals surface area contributed by atoms with Crippen molar-refractivity contribution in [2.24, 2.45) is 10.7 Å². The molecule has 0 saturated heterocycles. The second-order valence-electron chi connectivity index (χ2n) is 6.21. The highest BCUT2D eigenvalue weighted by Crippen LogP contribution is 2.48. The van der Waals surface area contributed by atoms with Gasteiger partial charge in [0.25, 0.3) is 0 Å². The predicted molar refractivity (Wildman–Crippen MR) is 102 cm³/mol. The summed E-state index contributed by atoms with van der Waals surface area (Å²) in [7, 11) is 1.68. The minimum absolute atomic E-state index is 0.141. The van der Waals surface area contributed by atoms with Gasteiger partial charge in [-0.05, 0) is 36.6 Å². The number of halogens is 1. The van der Waals surface area contributed by atoms with Gasteiger partial charge in [0.15, 0.2) is 5.96 Å². The Hall–Kier alpha value is -1.85. The van der Waals surface area contributed by atoms with Gasteiger partial charge < -0.3 is 15.8 Å². The summed E-state index contributed by atoms with van der Waals surface area (Å²) in [5.41, 5.74) is 9.57. The fraction of sp³-hybridized carbons (Fsp3) is 0.316. The number of benzene rings is 2. The number of aliphatic imine (C=N–C) groups is 1. The molecule has 2 aromatic rings. The third kappa shape index (κ3) is 3.97. The molecule has 0 amide bonds. The summed E-state index contributed by atoms with van der Waals surface area (Å²) >= 11 is 3.54. The minimum Gasteiger partial charge on any atom is -0.380 e. The molecule has 1 fully saturated rings. The molecule has 3 N–H and O–H groups in total. The zero-order valence-corrected chi connectivity index (χ0v) is 15.3. The topological polar surface area (TPSA) is 59.6 Å². The lowest BCUT2D eigenvalue weighted by Gasteiger charge is -2.15. The molecule has 1 aliphatic carbocycles. The van der Waals surface area contributed by atoms with Gasteiger partial charge in [0, 0.05) is 28.2 Å². The number of nitrogens with one attached hydrogen (secondary N) is 1. The van der Waals surface area contributed by atoms with E-state index in [1.165, 1.54) is 5.56 Å². The van der Waals surface area contributed by atoms with Crippen LogP contribution in [0.1, 0.15) is 24.0 Å². The number of nitrogens with zero attached hydrogens (tertiary/aromatic N) is 1. The van der Waals surface area contributed by atoms with Gasteiger partial charge in [-0.1, -0.05) is 46.3 Å². The number of hydrogen-bond donors (Lipinski definition) is 2. The standard InChI is InChI=1S/C19H22BrN3O/c1-24-12-14-5-2-3-8-17(14)23-18(21)22-13-19(9-10-19)15-6-4-7-16(20)11-15/h2-8,11H,9-10,12-13H2,1H3,(H3,21,22,23). The van der Waals surface area contributed by atoms with E-state index in [2.05, 4.69) is 44.4 Å². The van der Waals surface area contributed by atoms with Crippen molar-refractivity contribution in [2.75, 3.05) is 19.0 Å². The van der Waals surface area contributed by atoms with E-state index in [-0.39, 0.29) is 5.41 Å². The number of methoxy groups -OCH3 is 1. The van der Waals surface area contributed by atoms with E-state index in [1.807, 2.05) is 30.3 Å². The molecule has 0 bridgehead atoms. The molecule has 126 valence electrons. The Labute approximate surface area is 151 Å². The Bertz CT molecular complexity index is 741. The molecule has 1 aliphatic rings. The summed E-state index contributed by atoms with van der Waals surface area (Å²) in [6, 6.07) is 16.4. The van der Waals surface area contributed by atoms with Gasteiger partial charge in [-0.2, -0.15) is 0 Å². The van der Waals surface area contributed by atoms with E-state index in [9.17, 15) is 0 Å². The van der Waals surface area contributed by atoms with E-state index in [4.69, 9.17) is 10.5 Å². The van der Waals surface area contributed by atoms with Crippen LogP contribution in [0.3, 0.4) is 0 Å². The number of anilines is 1. The van der Waals surface area contributed by atoms with Gasteiger partial charge in [-0.15, -0.1) is 0 Å². The molecular formula is C19H22BrN3O. The molecule has 0 aromatic heterocycles. The summed E-state index contributed by atoms with van der Waals surface area (Å²) in [4.78, 5) is 4.59. The van der Waals surface area contributed by atoms with E-state index < -0.39 is 0 Å². The summed E-state index contributed by atoms with van der Waals surface area (Å²) in [6.45, 7) is 1.24. The van der Waals surface area contributed by atoms with Crippen molar-refractivity contribution in [1.29, 1.82) is 0 Å². The lowest BCUT2D eigenvalue weighted by Crippen LogP contribution is -2.25. The highest BCUT2D eigenvalue weighted by molar-refractivity contribution is 9.10. The summed E-state index contributed by atoms with van der Waals surface area (Å²) in [5, 5.41) is 3.20. The molecule has 0 spiro atoms. The van der Waals surface area contributed by atoms with Crippen LogP contribution in [0.25, 0.3) is 0 Å². The highest BCUT2D eigenvalue weighted by atomic mass is 79.9. The summed E-state index contributed by atoms with van der Waals surface area (Å²) in [6.07, 6.45) is 2.31. The fourth-order valence-corrected chi connectivity index (χ4v) is 3.24. The summed E-state index contributed by atoms with van der Waals surface area (Å²) in [5.74, 6) is 0.444. The van der Waals surface area contributed by atoms with Crippen molar-refractivity contribution in [1.82, 2.24) is 0 Å². The van der Waals surface area contributed by atoms with E-state index in [0.29, 0.717) is 19.1 Å². The quantitative estimate of drug-likeness (QED) is 0.580. The number of rotatable bonds is 6. The molecule has 0 unspecified atom stereocenters. The van der Waals surface area contributed by atoms with Crippen LogP contribution in [0.5, 0.6) is 0 Å². The van der Waals surface area contributed by atoms with Gasteiger partial charge in [0.2, 0.25) is 0 Å². The maximum absolute atomic E-state index is 6.10. The van der Waals surface area contributed by atoms with E-state index in [0.717, 1.165) is 28.6 Å². The third-order valence-electron chi connectivity index (χ3n) is 4.42. The minimum atomic E-state index is 0.141. The van der Waals surface area contributed by atoms with Crippen LogP contribution in [0.2, 0.25) is 0 Å². The largest absolute Gasteiger partial charge is 0.380 e.